The molecule has 5 nitrogen and oxygen atoms in total. The summed E-state index contributed by atoms with van der Waals surface area (Å²) in [5.74, 6) is -0.771. The standard InChI is InChI=1S/C13H14N2O3S/c1-2-8-3-4-9(19-8)7-15-11(17)13(5-6-13)10(16)14-12(15)18/h3-4H,2,5-7H2,1H3,(H,14,16,18). The molecule has 1 spiro atoms. The quantitative estimate of drug-likeness (QED) is 0.855. The van der Waals surface area contributed by atoms with Crippen molar-refractivity contribution in [3.05, 3.63) is 21.9 Å². The average molecular weight is 278 g/mol. The number of urea groups is 1. The highest BCUT2D eigenvalue weighted by molar-refractivity contribution is 7.12. The lowest BCUT2D eigenvalue weighted by molar-refractivity contribution is -0.145. The van der Waals surface area contributed by atoms with Crippen LogP contribution in [0.25, 0.3) is 0 Å². The number of carbonyl (C=O) groups is 3. The second kappa shape index (κ2) is 4.16. The van der Waals surface area contributed by atoms with Crippen molar-refractivity contribution in [2.24, 2.45) is 5.41 Å². The summed E-state index contributed by atoms with van der Waals surface area (Å²) in [5.41, 5.74) is -0.946. The fraction of sp³-hybridized carbons (Fsp3) is 0.462. The number of amides is 4. The SMILES string of the molecule is CCc1ccc(CN2C(=O)NC(=O)C3(CC3)C2=O)s1. The van der Waals surface area contributed by atoms with Crippen molar-refractivity contribution in [1.29, 1.82) is 0 Å². The van der Waals surface area contributed by atoms with Crippen LogP contribution in [0.3, 0.4) is 0 Å². The van der Waals surface area contributed by atoms with Gasteiger partial charge in [0.2, 0.25) is 11.8 Å². The molecule has 1 aromatic heterocycles. The average Bonchev–Trinajstić information content (AvgIpc) is 3.07. The van der Waals surface area contributed by atoms with Gasteiger partial charge in [-0.2, -0.15) is 0 Å². The normalized spacial score (nSPS) is 20.9. The number of imide groups is 2. The predicted molar refractivity (Wildman–Crippen MR) is 69.5 cm³/mol. The Hall–Kier alpha value is -1.69. The van der Waals surface area contributed by atoms with Gasteiger partial charge in [0, 0.05) is 9.75 Å². The van der Waals surface area contributed by atoms with Gasteiger partial charge in [0.05, 0.1) is 6.54 Å². The Bertz CT molecular complexity index is 574. The van der Waals surface area contributed by atoms with Crippen LogP contribution < -0.4 is 5.32 Å². The lowest BCUT2D eigenvalue weighted by atomic mass is 10.0. The molecule has 4 amide bonds. The summed E-state index contributed by atoms with van der Waals surface area (Å²) in [7, 11) is 0. The zero-order valence-electron chi connectivity index (χ0n) is 10.6. The molecule has 0 atom stereocenters. The van der Waals surface area contributed by atoms with Crippen LogP contribution >= 0.6 is 11.3 Å². The molecule has 0 unspecified atom stereocenters. The molecule has 3 rings (SSSR count). The van der Waals surface area contributed by atoms with Crippen LogP contribution in [-0.2, 0) is 22.6 Å². The summed E-state index contributed by atoms with van der Waals surface area (Å²) >= 11 is 1.59. The molecule has 100 valence electrons. The molecule has 1 aliphatic heterocycles. The lowest BCUT2D eigenvalue weighted by Gasteiger charge is -2.29. The van der Waals surface area contributed by atoms with Crippen LogP contribution in [0.4, 0.5) is 4.79 Å². The summed E-state index contributed by atoms with van der Waals surface area (Å²) in [6.45, 7) is 2.32. The van der Waals surface area contributed by atoms with E-state index in [4.69, 9.17) is 0 Å². The summed E-state index contributed by atoms with van der Waals surface area (Å²) in [4.78, 5) is 39.1. The van der Waals surface area contributed by atoms with E-state index in [2.05, 4.69) is 12.2 Å². The molecular formula is C13H14N2O3S. The van der Waals surface area contributed by atoms with Crippen LogP contribution in [0.5, 0.6) is 0 Å². The summed E-state index contributed by atoms with van der Waals surface area (Å²) in [6, 6.07) is 3.34. The number of hydrogen-bond acceptors (Lipinski definition) is 4. The third kappa shape index (κ3) is 1.87. The Labute approximate surface area is 114 Å². The molecule has 1 saturated heterocycles. The fourth-order valence-corrected chi connectivity index (χ4v) is 3.24. The number of aryl methyl sites for hydroxylation is 1. The molecule has 2 fully saturated rings. The first kappa shape index (κ1) is 12.3. The number of carbonyl (C=O) groups excluding carboxylic acids is 3. The number of barbiturate groups is 1. The van der Waals surface area contributed by atoms with Crippen LogP contribution in [0.15, 0.2) is 12.1 Å². The van der Waals surface area contributed by atoms with Crippen molar-refractivity contribution in [3.63, 3.8) is 0 Å². The molecule has 0 radical (unpaired) electrons. The van der Waals surface area contributed by atoms with Crippen LogP contribution in [0, 0.1) is 5.41 Å². The third-order valence-electron chi connectivity index (χ3n) is 3.68. The second-order valence-corrected chi connectivity index (χ2v) is 6.21. The van der Waals surface area contributed by atoms with Gasteiger partial charge in [-0.05, 0) is 31.4 Å². The first-order chi connectivity index (χ1) is 9.06. The van der Waals surface area contributed by atoms with E-state index in [-0.39, 0.29) is 12.5 Å². The van der Waals surface area contributed by atoms with Crippen molar-refractivity contribution >= 4 is 29.2 Å². The predicted octanol–water partition coefficient (Wildman–Crippen LogP) is 1.67. The second-order valence-electron chi connectivity index (χ2n) is 4.95. The Balaban J connectivity index is 1.81. The maximum Gasteiger partial charge on any atom is 0.331 e. The highest BCUT2D eigenvalue weighted by Crippen LogP contribution is 2.49. The van der Waals surface area contributed by atoms with Gasteiger partial charge in [-0.3, -0.25) is 19.8 Å². The Kier molecular flexibility index (Phi) is 2.70. The van der Waals surface area contributed by atoms with Crippen molar-refractivity contribution in [2.75, 3.05) is 0 Å². The van der Waals surface area contributed by atoms with Gasteiger partial charge in [0.1, 0.15) is 5.41 Å². The maximum absolute atomic E-state index is 12.3. The van der Waals surface area contributed by atoms with Crippen molar-refractivity contribution < 1.29 is 14.4 Å². The van der Waals surface area contributed by atoms with E-state index in [1.807, 2.05) is 12.1 Å². The highest BCUT2D eigenvalue weighted by atomic mass is 32.1. The van der Waals surface area contributed by atoms with Gasteiger partial charge in [-0.1, -0.05) is 6.92 Å². The maximum atomic E-state index is 12.3. The minimum Gasteiger partial charge on any atom is -0.277 e. The van der Waals surface area contributed by atoms with Gasteiger partial charge in [0.25, 0.3) is 0 Å². The molecule has 0 bridgehead atoms. The third-order valence-corrected chi connectivity index (χ3v) is 4.90. The highest BCUT2D eigenvalue weighted by Gasteiger charge is 2.62. The van der Waals surface area contributed by atoms with Gasteiger partial charge < -0.3 is 0 Å². The molecule has 1 aromatic rings. The Morgan fingerprint density at radius 2 is 1.95 bits per heavy atom. The number of rotatable bonds is 3. The Morgan fingerprint density at radius 1 is 1.26 bits per heavy atom. The number of thiophene rings is 1. The molecule has 1 aliphatic carbocycles. The van der Waals surface area contributed by atoms with Crippen LogP contribution in [0.2, 0.25) is 0 Å². The molecule has 0 aromatic carbocycles. The van der Waals surface area contributed by atoms with E-state index in [1.165, 1.54) is 9.78 Å². The first-order valence-corrected chi connectivity index (χ1v) is 7.13. The molecule has 1 N–H and O–H groups in total. The molecule has 19 heavy (non-hydrogen) atoms. The van der Waals surface area contributed by atoms with E-state index in [0.29, 0.717) is 12.8 Å². The van der Waals surface area contributed by atoms with E-state index < -0.39 is 17.4 Å². The topological polar surface area (TPSA) is 66.5 Å². The number of hydrogen-bond donors (Lipinski definition) is 1. The molecule has 1 saturated carbocycles. The smallest absolute Gasteiger partial charge is 0.277 e. The van der Waals surface area contributed by atoms with Gasteiger partial charge in [0.15, 0.2) is 0 Å². The van der Waals surface area contributed by atoms with Gasteiger partial charge >= 0.3 is 6.03 Å². The van der Waals surface area contributed by atoms with E-state index in [9.17, 15) is 14.4 Å². The summed E-state index contributed by atoms with van der Waals surface area (Å²) < 4.78 is 0. The number of nitrogens with one attached hydrogen (secondary N) is 1. The van der Waals surface area contributed by atoms with E-state index >= 15 is 0 Å². The molecule has 2 heterocycles. The minimum absolute atomic E-state index is 0.254. The molecule has 6 heteroatoms. The summed E-state index contributed by atoms with van der Waals surface area (Å²) in [5, 5.41) is 2.29. The molecular weight excluding hydrogens is 264 g/mol. The van der Waals surface area contributed by atoms with Crippen molar-refractivity contribution in [2.45, 2.75) is 32.7 Å². The lowest BCUT2D eigenvalue weighted by Crippen LogP contribution is -2.58. The first-order valence-electron chi connectivity index (χ1n) is 6.32. The largest absolute Gasteiger partial charge is 0.331 e. The Morgan fingerprint density at radius 3 is 2.53 bits per heavy atom. The molecule has 2 aliphatic rings. The fourth-order valence-electron chi connectivity index (χ4n) is 2.29. The van der Waals surface area contributed by atoms with E-state index in [1.54, 1.807) is 11.3 Å². The zero-order valence-corrected chi connectivity index (χ0v) is 11.4. The van der Waals surface area contributed by atoms with Gasteiger partial charge in [-0.15, -0.1) is 11.3 Å². The van der Waals surface area contributed by atoms with Crippen LogP contribution in [-0.4, -0.2) is 22.7 Å². The number of nitrogens with zero attached hydrogens (tertiary/aromatic N) is 1. The minimum atomic E-state index is -0.946. The monoisotopic (exact) mass is 278 g/mol. The van der Waals surface area contributed by atoms with Crippen molar-refractivity contribution in [1.82, 2.24) is 10.2 Å². The van der Waals surface area contributed by atoms with Crippen LogP contribution in [0.1, 0.15) is 29.5 Å². The zero-order chi connectivity index (χ0) is 13.6. The van der Waals surface area contributed by atoms with E-state index in [0.717, 1.165) is 11.3 Å². The summed E-state index contributed by atoms with van der Waals surface area (Å²) in [6.07, 6.45) is 2.03. The van der Waals surface area contributed by atoms with Gasteiger partial charge in [-0.25, -0.2) is 4.79 Å². The van der Waals surface area contributed by atoms with Crippen molar-refractivity contribution in [3.8, 4) is 0 Å².